The third-order valence-electron chi connectivity index (χ3n) is 5.39. The summed E-state index contributed by atoms with van der Waals surface area (Å²) in [7, 11) is 0. The lowest BCUT2D eigenvalue weighted by Crippen LogP contribution is -2.51. The molecule has 22 heavy (non-hydrogen) atoms. The molecule has 5 nitrogen and oxygen atoms in total. The van der Waals surface area contributed by atoms with Gasteiger partial charge in [-0.1, -0.05) is 13.3 Å². The summed E-state index contributed by atoms with van der Waals surface area (Å²) in [5.74, 6) is 0.416. The summed E-state index contributed by atoms with van der Waals surface area (Å²) in [6.07, 6.45) is 6.89. The SMILES string of the molecule is CC1(CO)CCCC1NC1CCN(C(=O)c2ccco2)CC1. The number of carbonyl (C=O) groups is 1. The van der Waals surface area contributed by atoms with Crippen molar-refractivity contribution in [2.75, 3.05) is 19.7 Å². The Labute approximate surface area is 131 Å². The molecular formula is C17H26N2O3. The first-order valence-corrected chi connectivity index (χ1v) is 8.32. The van der Waals surface area contributed by atoms with Gasteiger partial charge in [0.15, 0.2) is 5.76 Å². The van der Waals surface area contributed by atoms with E-state index >= 15 is 0 Å². The van der Waals surface area contributed by atoms with Gasteiger partial charge in [0.25, 0.3) is 5.91 Å². The lowest BCUT2D eigenvalue weighted by atomic mass is 9.85. The van der Waals surface area contributed by atoms with Gasteiger partial charge in [-0.05, 0) is 37.8 Å². The monoisotopic (exact) mass is 306 g/mol. The molecule has 0 bridgehead atoms. The second kappa shape index (κ2) is 6.42. The van der Waals surface area contributed by atoms with E-state index in [0.29, 0.717) is 17.8 Å². The highest BCUT2D eigenvalue weighted by Gasteiger charge is 2.39. The predicted octanol–water partition coefficient (Wildman–Crippen LogP) is 2.02. The molecule has 1 aromatic heterocycles. The molecule has 0 spiro atoms. The van der Waals surface area contributed by atoms with Crippen LogP contribution in [-0.2, 0) is 0 Å². The number of aliphatic hydroxyl groups is 1. The molecule has 2 unspecified atom stereocenters. The number of amides is 1. The van der Waals surface area contributed by atoms with Gasteiger partial charge in [0, 0.05) is 37.2 Å². The fourth-order valence-corrected chi connectivity index (χ4v) is 3.80. The van der Waals surface area contributed by atoms with Crippen LogP contribution in [0, 0.1) is 5.41 Å². The van der Waals surface area contributed by atoms with Crippen LogP contribution < -0.4 is 5.32 Å². The Morgan fingerprint density at radius 3 is 2.86 bits per heavy atom. The van der Waals surface area contributed by atoms with Crippen LogP contribution in [0.3, 0.4) is 0 Å². The van der Waals surface area contributed by atoms with Crippen molar-refractivity contribution < 1.29 is 14.3 Å². The van der Waals surface area contributed by atoms with Gasteiger partial charge in [-0.2, -0.15) is 0 Å². The molecule has 0 radical (unpaired) electrons. The number of piperidine rings is 1. The normalized spacial score (nSPS) is 29.9. The molecule has 2 N–H and O–H groups in total. The molecule has 2 heterocycles. The minimum Gasteiger partial charge on any atom is -0.459 e. The van der Waals surface area contributed by atoms with Crippen molar-refractivity contribution in [3.05, 3.63) is 24.2 Å². The van der Waals surface area contributed by atoms with Gasteiger partial charge < -0.3 is 19.7 Å². The molecule has 2 fully saturated rings. The number of nitrogens with one attached hydrogen (secondary N) is 1. The minimum atomic E-state index is -0.00971. The molecule has 5 heteroatoms. The van der Waals surface area contributed by atoms with Gasteiger partial charge in [-0.25, -0.2) is 0 Å². The molecule has 122 valence electrons. The van der Waals surface area contributed by atoms with E-state index in [0.717, 1.165) is 38.8 Å². The number of hydrogen-bond acceptors (Lipinski definition) is 4. The highest BCUT2D eigenvalue weighted by molar-refractivity contribution is 5.91. The molecule has 1 saturated carbocycles. The standard InChI is InChI=1S/C17H26N2O3/c1-17(12-20)8-2-5-15(17)18-13-6-9-19(10-7-13)16(21)14-4-3-11-22-14/h3-4,11,13,15,18,20H,2,5-10,12H2,1H3. The predicted molar refractivity (Wildman–Crippen MR) is 83.6 cm³/mol. The van der Waals surface area contributed by atoms with Crippen LogP contribution in [0.2, 0.25) is 0 Å². The Kier molecular flexibility index (Phi) is 4.54. The fraction of sp³-hybridized carbons (Fsp3) is 0.706. The highest BCUT2D eigenvalue weighted by atomic mass is 16.3. The van der Waals surface area contributed by atoms with E-state index in [9.17, 15) is 9.90 Å². The number of likely N-dealkylation sites (tertiary alicyclic amines) is 1. The zero-order chi connectivity index (χ0) is 15.6. The average molecular weight is 306 g/mol. The molecular weight excluding hydrogens is 280 g/mol. The van der Waals surface area contributed by atoms with Crippen molar-refractivity contribution >= 4 is 5.91 Å². The van der Waals surface area contributed by atoms with E-state index in [1.54, 1.807) is 12.1 Å². The maximum atomic E-state index is 12.2. The van der Waals surface area contributed by atoms with Crippen LogP contribution in [0.25, 0.3) is 0 Å². The van der Waals surface area contributed by atoms with Crippen LogP contribution in [0.4, 0.5) is 0 Å². The maximum absolute atomic E-state index is 12.2. The number of carbonyl (C=O) groups excluding carboxylic acids is 1. The third kappa shape index (κ3) is 3.06. The fourth-order valence-electron chi connectivity index (χ4n) is 3.80. The second-order valence-electron chi connectivity index (χ2n) is 6.97. The lowest BCUT2D eigenvalue weighted by molar-refractivity contribution is 0.0647. The lowest BCUT2D eigenvalue weighted by Gasteiger charge is -2.37. The smallest absolute Gasteiger partial charge is 0.289 e. The maximum Gasteiger partial charge on any atom is 0.289 e. The summed E-state index contributed by atoms with van der Waals surface area (Å²) >= 11 is 0. The van der Waals surface area contributed by atoms with Crippen molar-refractivity contribution in [2.45, 2.75) is 51.1 Å². The molecule has 0 aromatic carbocycles. The van der Waals surface area contributed by atoms with Crippen LogP contribution in [0.1, 0.15) is 49.6 Å². The molecule has 1 amide bonds. The molecule has 3 rings (SSSR count). The zero-order valence-electron chi connectivity index (χ0n) is 13.3. The Balaban J connectivity index is 1.51. The van der Waals surface area contributed by atoms with Crippen molar-refractivity contribution in [3.8, 4) is 0 Å². The summed E-state index contributed by atoms with van der Waals surface area (Å²) in [6, 6.07) is 4.30. The average Bonchev–Trinajstić information content (AvgIpc) is 3.19. The van der Waals surface area contributed by atoms with E-state index in [4.69, 9.17) is 4.42 Å². The van der Waals surface area contributed by atoms with Crippen LogP contribution in [-0.4, -0.2) is 47.7 Å². The van der Waals surface area contributed by atoms with E-state index in [-0.39, 0.29) is 17.9 Å². The molecule has 1 aliphatic heterocycles. The summed E-state index contributed by atoms with van der Waals surface area (Å²) in [6.45, 7) is 3.95. The molecule has 2 atom stereocenters. The van der Waals surface area contributed by atoms with E-state index in [1.165, 1.54) is 12.7 Å². The second-order valence-corrected chi connectivity index (χ2v) is 6.97. The first-order chi connectivity index (χ1) is 10.6. The Morgan fingerprint density at radius 1 is 1.45 bits per heavy atom. The van der Waals surface area contributed by atoms with Crippen molar-refractivity contribution in [3.63, 3.8) is 0 Å². The first kappa shape index (κ1) is 15.6. The number of furan rings is 1. The quantitative estimate of drug-likeness (QED) is 0.893. The number of hydrogen-bond donors (Lipinski definition) is 2. The van der Waals surface area contributed by atoms with Gasteiger partial charge in [0.05, 0.1) is 6.26 Å². The summed E-state index contributed by atoms with van der Waals surface area (Å²) < 4.78 is 5.19. The highest BCUT2D eigenvalue weighted by Crippen LogP contribution is 2.38. The van der Waals surface area contributed by atoms with E-state index in [2.05, 4.69) is 12.2 Å². The Hall–Kier alpha value is -1.33. The van der Waals surface area contributed by atoms with E-state index < -0.39 is 0 Å². The number of nitrogens with zero attached hydrogens (tertiary/aromatic N) is 1. The molecule has 1 saturated heterocycles. The minimum absolute atomic E-state index is 0.00971. The number of rotatable bonds is 4. The summed E-state index contributed by atoms with van der Waals surface area (Å²) in [5.41, 5.74) is 0.0150. The molecule has 2 aliphatic rings. The van der Waals surface area contributed by atoms with Crippen LogP contribution in [0.5, 0.6) is 0 Å². The van der Waals surface area contributed by atoms with Crippen LogP contribution >= 0.6 is 0 Å². The van der Waals surface area contributed by atoms with Gasteiger partial charge in [0.1, 0.15) is 0 Å². The van der Waals surface area contributed by atoms with Gasteiger partial charge in [-0.15, -0.1) is 0 Å². The Bertz CT molecular complexity index is 494. The zero-order valence-corrected chi connectivity index (χ0v) is 13.3. The number of aliphatic hydroxyl groups excluding tert-OH is 1. The van der Waals surface area contributed by atoms with Gasteiger partial charge in [-0.3, -0.25) is 4.79 Å². The van der Waals surface area contributed by atoms with Crippen molar-refractivity contribution in [1.82, 2.24) is 10.2 Å². The largest absolute Gasteiger partial charge is 0.459 e. The first-order valence-electron chi connectivity index (χ1n) is 8.32. The Morgan fingerprint density at radius 2 is 2.23 bits per heavy atom. The topological polar surface area (TPSA) is 65.7 Å². The van der Waals surface area contributed by atoms with Crippen LogP contribution in [0.15, 0.2) is 22.8 Å². The summed E-state index contributed by atoms with van der Waals surface area (Å²) in [4.78, 5) is 14.1. The molecule has 1 aliphatic carbocycles. The van der Waals surface area contributed by atoms with Crippen molar-refractivity contribution in [2.24, 2.45) is 5.41 Å². The third-order valence-corrected chi connectivity index (χ3v) is 5.39. The van der Waals surface area contributed by atoms with Gasteiger partial charge in [0.2, 0.25) is 0 Å². The molecule has 1 aromatic rings. The van der Waals surface area contributed by atoms with Crippen molar-refractivity contribution in [1.29, 1.82) is 0 Å². The summed E-state index contributed by atoms with van der Waals surface area (Å²) in [5, 5.41) is 13.4. The van der Waals surface area contributed by atoms with Gasteiger partial charge >= 0.3 is 0 Å². The van der Waals surface area contributed by atoms with E-state index in [1.807, 2.05) is 4.90 Å².